The average molecular weight is 141 g/mol. The number of hydrogen-bond donors (Lipinski definition) is 3. The van der Waals surface area contributed by atoms with Gasteiger partial charge in [0.1, 0.15) is 6.04 Å². The number of hydrazine groups is 1. The Labute approximate surface area is 53.4 Å². The average Bonchev–Trinajstić information content (AvgIpc) is 1.65. The summed E-state index contributed by atoms with van der Waals surface area (Å²) in [6, 6.07) is -0.653. The van der Waals surface area contributed by atoms with Crippen molar-refractivity contribution in [1.29, 1.82) is 0 Å². The number of nitrogens with one attached hydrogen (secondary N) is 1. The molecule has 0 amide bonds. The Morgan fingerprint density at radius 3 is 2.25 bits per heavy atom. The molecule has 4 nitrogen and oxygen atoms in total. The van der Waals surface area contributed by atoms with Crippen molar-refractivity contribution in [3.63, 3.8) is 0 Å². The van der Waals surface area contributed by atoms with Crippen LogP contribution in [0.3, 0.4) is 0 Å². The largest absolute Gasteiger partial charge is 0.480 e. The maximum atomic E-state index is 9.79. The Morgan fingerprint density at radius 2 is 2.25 bits per heavy atom. The van der Waals surface area contributed by atoms with Crippen molar-refractivity contribution >= 4 is 18.4 Å². The quantitative estimate of drug-likeness (QED) is 0.352. The fourth-order valence-electron chi connectivity index (χ4n) is 0.0713. The predicted octanol–water partition coefficient (Wildman–Crippen LogP) is -0.655. The highest BCUT2D eigenvalue weighted by atomic mass is 35.5. The SMILES string of the molecule is CC(NN)C(=O)O.Cl. The van der Waals surface area contributed by atoms with E-state index < -0.39 is 12.0 Å². The van der Waals surface area contributed by atoms with E-state index in [-0.39, 0.29) is 12.4 Å². The Kier molecular flexibility index (Phi) is 6.41. The molecule has 5 heteroatoms. The molecule has 8 heavy (non-hydrogen) atoms. The standard InChI is InChI=1S/C3H8N2O2.ClH/c1-2(5-4)3(6)7;/h2,5H,4H2,1H3,(H,6,7);1H. The lowest BCUT2D eigenvalue weighted by atomic mass is 10.4. The van der Waals surface area contributed by atoms with Gasteiger partial charge in [-0.1, -0.05) is 0 Å². The second-order valence-corrected chi connectivity index (χ2v) is 1.23. The number of carbonyl (C=O) groups is 1. The van der Waals surface area contributed by atoms with E-state index in [0.29, 0.717) is 0 Å². The molecule has 0 aromatic rings. The first kappa shape index (κ1) is 10.6. The van der Waals surface area contributed by atoms with Crippen LogP contribution in [0.5, 0.6) is 0 Å². The van der Waals surface area contributed by atoms with Crippen LogP contribution in [0.25, 0.3) is 0 Å². The van der Waals surface area contributed by atoms with Crippen molar-refractivity contribution in [2.45, 2.75) is 13.0 Å². The van der Waals surface area contributed by atoms with Crippen LogP contribution < -0.4 is 11.3 Å². The van der Waals surface area contributed by atoms with Gasteiger partial charge in [0.25, 0.3) is 0 Å². The molecule has 0 aliphatic heterocycles. The highest BCUT2D eigenvalue weighted by Crippen LogP contribution is 1.72. The Morgan fingerprint density at radius 1 is 1.88 bits per heavy atom. The molecular weight excluding hydrogens is 131 g/mol. The number of carboxylic acid groups (broad SMARTS) is 1. The minimum Gasteiger partial charge on any atom is -0.480 e. The van der Waals surface area contributed by atoms with Gasteiger partial charge in [-0.25, -0.2) is 5.43 Å². The van der Waals surface area contributed by atoms with Gasteiger partial charge < -0.3 is 5.11 Å². The molecule has 1 atom stereocenters. The van der Waals surface area contributed by atoms with Crippen molar-refractivity contribution in [2.75, 3.05) is 0 Å². The van der Waals surface area contributed by atoms with Crippen LogP contribution in [-0.4, -0.2) is 17.1 Å². The molecule has 0 fully saturated rings. The lowest BCUT2D eigenvalue weighted by Gasteiger charge is -1.99. The van der Waals surface area contributed by atoms with Crippen LogP contribution >= 0.6 is 12.4 Å². The maximum Gasteiger partial charge on any atom is 0.321 e. The van der Waals surface area contributed by atoms with Crippen LogP contribution in [0.2, 0.25) is 0 Å². The van der Waals surface area contributed by atoms with Crippen LogP contribution in [0.1, 0.15) is 6.92 Å². The summed E-state index contributed by atoms with van der Waals surface area (Å²) in [7, 11) is 0. The molecule has 0 spiro atoms. The maximum absolute atomic E-state index is 9.79. The zero-order valence-corrected chi connectivity index (χ0v) is 5.23. The van der Waals surface area contributed by atoms with E-state index in [0.717, 1.165) is 0 Å². The van der Waals surface area contributed by atoms with Gasteiger partial charge in [0.15, 0.2) is 0 Å². The first-order chi connectivity index (χ1) is 3.18. The summed E-state index contributed by atoms with van der Waals surface area (Å²) < 4.78 is 0. The van der Waals surface area contributed by atoms with Gasteiger partial charge in [-0.3, -0.25) is 10.6 Å². The first-order valence-electron chi connectivity index (χ1n) is 1.87. The molecule has 0 aromatic carbocycles. The molecule has 4 N–H and O–H groups in total. The topological polar surface area (TPSA) is 75.3 Å². The number of rotatable bonds is 2. The normalized spacial score (nSPS) is 11.8. The highest BCUT2D eigenvalue weighted by Gasteiger charge is 2.04. The van der Waals surface area contributed by atoms with E-state index >= 15 is 0 Å². The van der Waals surface area contributed by atoms with E-state index in [4.69, 9.17) is 10.9 Å². The Balaban J connectivity index is 0. The summed E-state index contributed by atoms with van der Waals surface area (Å²) in [5.74, 6) is 3.80. The first-order valence-corrected chi connectivity index (χ1v) is 1.87. The summed E-state index contributed by atoms with van der Waals surface area (Å²) in [5, 5.41) is 8.04. The molecule has 1 unspecified atom stereocenters. The van der Waals surface area contributed by atoms with E-state index in [1.54, 1.807) is 0 Å². The summed E-state index contributed by atoms with van der Waals surface area (Å²) in [6.07, 6.45) is 0. The molecule has 0 heterocycles. The summed E-state index contributed by atoms with van der Waals surface area (Å²) in [6.45, 7) is 1.46. The Bertz CT molecular complexity index is 77.7. The van der Waals surface area contributed by atoms with Crippen molar-refractivity contribution in [3.8, 4) is 0 Å². The fourth-order valence-corrected chi connectivity index (χ4v) is 0.0713. The fraction of sp³-hybridized carbons (Fsp3) is 0.667. The minimum absolute atomic E-state index is 0. The molecule has 0 saturated heterocycles. The van der Waals surface area contributed by atoms with Gasteiger partial charge >= 0.3 is 5.97 Å². The molecule has 0 aliphatic rings. The lowest BCUT2D eigenvalue weighted by Crippen LogP contribution is -2.38. The van der Waals surface area contributed by atoms with Crippen LogP contribution in [-0.2, 0) is 4.79 Å². The second-order valence-electron chi connectivity index (χ2n) is 1.23. The Hall–Kier alpha value is -0.320. The van der Waals surface area contributed by atoms with Crippen molar-refractivity contribution in [2.24, 2.45) is 5.84 Å². The molecule has 0 bridgehead atoms. The van der Waals surface area contributed by atoms with E-state index in [2.05, 4.69) is 5.43 Å². The molecule has 0 rings (SSSR count). The van der Waals surface area contributed by atoms with Gasteiger partial charge in [0.2, 0.25) is 0 Å². The van der Waals surface area contributed by atoms with Gasteiger partial charge in [0.05, 0.1) is 0 Å². The second kappa shape index (κ2) is 4.83. The van der Waals surface area contributed by atoms with Gasteiger partial charge in [-0.05, 0) is 6.92 Å². The van der Waals surface area contributed by atoms with E-state index in [1.165, 1.54) is 6.92 Å². The van der Waals surface area contributed by atoms with Gasteiger partial charge in [0, 0.05) is 0 Å². The zero-order valence-electron chi connectivity index (χ0n) is 4.42. The number of halogens is 1. The van der Waals surface area contributed by atoms with Crippen molar-refractivity contribution in [3.05, 3.63) is 0 Å². The summed E-state index contributed by atoms with van der Waals surface area (Å²) in [5.41, 5.74) is 2.06. The lowest BCUT2D eigenvalue weighted by molar-refractivity contribution is -0.138. The third-order valence-corrected chi connectivity index (χ3v) is 0.620. The highest BCUT2D eigenvalue weighted by molar-refractivity contribution is 5.85. The molecule has 0 aliphatic carbocycles. The molecular formula is C3H9ClN2O2. The van der Waals surface area contributed by atoms with Crippen LogP contribution in [0, 0.1) is 0 Å². The third-order valence-electron chi connectivity index (χ3n) is 0.620. The summed E-state index contributed by atoms with van der Waals surface area (Å²) in [4.78, 5) is 9.79. The molecule has 0 aromatic heterocycles. The predicted molar refractivity (Wildman–Crippen MR) is 31.7 cm³/mol. The van der Waals surface area contributed by atoms with E-state index in [1.807, 2.05) is 0 Å². The molecule has 0 radical (unpaired) electrons. The number of aliphatic carboxylic acids is 1. The van der Waals surface area contributed by atoms with Gasteiger partial charge in [-0.15, -0.1) is 12.4 Å². The number of nitrogens with two attached hydrogens (primary N) is 1. The smallest absolute Gasteiger partial charge is 0.321 e. The van der Waals surface area contributed by atoms with Crippen LogP contribution in [0.4, 0.5) is 0 Å². The minimum atomic E-state index is -0.942. The van der Waals surface area contributed by atoms with Gasteiger partial charge in [-0.2, -0.15) is 0 Å². The number of carboxylic acids is 1. The van der Waals surface area contributed by atoms with Crippen molar-refractivity contribution in [1.82, 2.24) is 5.43 Å². The zero-order chi connectivity index (χ0) is 5.86. The third kappa shape index (κ3) is 3.86. The van der Waals surface area contributed by atoms with E-state index in [9.17, 15) is 4.79 Å². The summed E-state index contributed by atoms with van der Waals surface area (Å²) >= 11 is 0. The monoisotopic (exact) mass is 140 g/mol. The molecule has 50 valence electrons. The molecule has 0 saturated carbocycles. The number of hydrogen-bond acceptors (Lipinski definition) is 3. The van der Waals surface area contributed by atoms with Crippen LogP contribution in [0.15, 0.2) is 0 Å². The van der Waals surface area contributed by atoms with Crippen molar-refractivity contribution < 1.29 is 9.90 Å².